The Morgan fingerprint density at radius 3 is 1.40 bits per heavy atom. The van der Waals surface area contributed by atoms with Gasteiger partial charge < -0.3 is 10.2 Å². The van der Waals surface area contributed by atoms with Gasteiger partial charge in [-0.05, 0) is 12.5 Å². The van der Waals surface area contributed by atoms with E-state index in [9.17, 15) is 10.2 Å². The van der Waals surface area contributed by atoms with Gasteiger partial charge in [0.1, 0.15) is 0 Å². The van der Waals surface area contributed by atoms with Crippen molar-refractivity contribution in [2.24, 2.45) is 0 Å². The molecule has 2 heteroatoms. The molecule has 0 aromatic carbocycles. The van der Waals surface area contributed by atoms with Crippen LogP contribution in [-0.2, 0) is 0 Å². The van der Waals surface area contributed by atoms with Crippen molar-refractivity contribution in [3.63, 3.8) is 0 Å². The Labute approximate surface area is 126 Å². The molecule has 0 aromatic rings. The SMILES string of the molecule is C=CC(O)(O)CCCCCCCCCCCCCCC. The van der Waals surface area contributed by atoms with Crippen molar-refractivity contribution >= 4 is 0 Å². The summed E-state index contributed by atoms with van der Waals surface area (Å²) in [7, 11) is 0. The van der Waals surface area contributed by atoms with E-state index in [0.29, 0.717) is 6.42 Å². The third kappa shape index (κ3) is 14.1. The van der Waals surface area contributed by atoms with E-state index in [1.165, 1.54) is 76.7 Å². The van der Waals surface area contributed by atoms with Crippen LogP contribution < -0.4 is 0 Å². The lowest BCUT2D eigenvalue weighted by Gasteiger charge is -2.16. The summed E-state index contributed by atoms with van der Waals surface area (Å²) in [6, 6.07) is 0. The fourth-order valence-corrected chi connectivity index (χ4v) is 2.51. The van der Waals surface area contributed by atoms with E-state index >= 15 is 0 Å². The summed E-state index contributed by atoms with van der Waals surface area (Å²) < 4.78 is 0. The van der Waals surface area contributed by atoms with E-state index in [4.69, 9.17) is 0 Å². The van der Waals surface area contributed by atoms with Crippen molar-refractivity contribution in [2.75, 3.05) is 0 Å². The zero-order chi connectivity index (χ0) is 15.1. The Hall–Kier alpha value is -0.340. The highest BCUT2D eigenvalue weighted by Crippen LogP contribution is 2.16. The number of aliphatic hydroxyl groups is 2. The second-order valence-electron chi connectivity index (χ2n) is 6.08. The largest absolute Gasteiger partial charge is 0.362 e. The number of rotatable bonds is 15. The zero-order valence-electron chi connectivity index (χ0n) is 13.6. The van der Waals surface area contributed by atoms with Gasteiger partial charge in [-0.2, -0.15) is 0 Å². The fourth-order valence-electron chi connectivity index (χ4n) is 2.51. The molecule has 0 saturated carbocycles. The summed E-state index contributed by atoms with van der Waals surface area (Å²) in [6.45, 7) is 5.67. The predicted octanol–water partition coefficient (Wildman–Crippen LogP) is 5.33. The van der Waals surface area contributed by atoms with Gasteiger partial charge in [0.05, 0.1) is 0 Å². The van der Waals surface area contributed by atoms with Gasteiger partial charge in [-0.3, -0.25) is 0 Å². The van der Waals surface area contributed by atoms with Crippen LogP contribution in [0.15, 0.2) is 12.7 Å². The maximum Gasteiger partial charge on any atom is 0.182 e. The molecular weight excluding hydrogens is 248 g/mol. The van der Waals surface area contributed by atoms with Gasteiger partial charge >= 0.3 is 0 Å². The molecule has 0 atom stereocenters. The summed E-state index contributed by atoms with van der Waals surface area (Å²) in [4.78, 5) is 0. The van der Waals surface area contributed by atoms with Gasteiger partial charge in [0.15, 0.2) is 5.79 Å². The Morgan fingerprint density at radius 2 is 1.05 bits per heavy atom. The molecule has 0 heterocycles. The highest BCUT2D eigenvalue weighted by molar-refractivity contribution is 4.85. The minimum Gasteiger partial charge on any atom is -0.362 e. The van der Waals surface area contributed by atoms with Crippen molar-refractivity contribution in [1.82, 2.24) is 0 Å². The van der Waals surface area contributed by atoms with E-state index in [2.05, 4.69) is 13.5 Å². The average Bonchev–Trinajstić information content (AvgIpc) is 2.44. The quantitative estimate of drug-likeness (QED) is 0.242. The second-order valence-corrected chi connectivity index (χ2v) is 6.08. The summed E-state index contributed by atoms with van der Waals surface area (Å²) in [6.07, 6.45) is 18.6. The highest BCUT2D eigenvalue weighted by atomic mass is 16.5. The second kappa shape index (κ2) is 13.6. The van der Waals surface area contributed by atoms with Gasteiger partial charge in [-0.25, -0.2) is 0 Å². The molecule has 0 spiro atoms. The molecule has 0 saturated heterocycles. The van der Waals surface area contributed by atoms with Crippen molar-refractivity contribution in [3.8, 4) is 0 Å². The molecule has 0 bridgehead atoms. The average molecular weight is 284 g/mol. The smallest absolute Gasteiger partial charge is 0.182 e. The first kappa shape index (κ1) is 19.7. The molecule has 0 unspecified atom stereocenters. The molecule has 0 amide bonds. The van der Waals surface area contributed by atoms with E-state index in [1.54, 1.807) is 0 Å². The van der Waals surface area contributed by atoms with Crippen LogP contribution in [0.1, 0.15) is 96.8 Å². The molecule has 0 aromatic heterocycles. The van der Waals surface area contributed by atoms with Crippen molar-refractivity contribution in [3.05, 3.63) is 12.7 Å². The van der Waals surface area contributed by atoms with Crippen LogP contribution in [0.2, 0.25) is 0 Å². The van der Waals surface area contributed by atoms with E-state index in [-0.39, 0.29) is 0 Å². The number of hydrogen-bond acceptors (Lipinski definition) is 2. The number of unbranched alkanes of at least 4 members (excludes halogenated alkanes) is 12. The molecule has 0 rings (SSSR count). The first-order valence-corrected chi connectivity index (χ1v) is 8.70. The molecule has 0 radical (unpaired) electrons. The van der Waals surface area contributed by atoms with E-state index in [1.807, 2.05) is 0 Å². The lowest BCUT2D eigenvalue weighted by atomic mass is 10.0. The first-order valence-electron chi connectivity index (χ1n) is 8.70. The van der Waals surface area contributed by atoms with Crippen LogP contribution in [0.3, 0.4) is 0 Å². The zero-order valence-corrected chi connectivity index (χ0v) is 13.6. The molecule has 2 N–H and O–H groups in total. The Balaban J connectivity index is 3.08. The van der Waals surface area contributed by atoms with Crippen molar-refractivity contribution in [2.45, 2.75) is 103 Å². The van der Waals surface area contributed by atoms with E-state index in [0.717, 1.165) is 12.8 Å². The minimum atomic E-state index is -1.65. The Bertz CT molecular complexity index is 211. The first-order chi connectivity index (χ1) is 9.62. The molecule has 0 aliphatic rings. The van der Waals surface area contributed by atoms with Crippen LogP contribution in [0.25, 0.3) is 0 Å². The summed E-state index contributed by atoms with van der Waals surface area (Å²) in [5.74, 6) is -1.65. The third-order valence-corrected chi connectivity index (χ3v) is 3.98. The highest BCUT2D eigenvalue weighted by Gasteiger charge is 2.16. The maximum atomic E-state index is 9.34. The molecule has 0 aliphatic carbocycles. The number of hydrogen-bond donors (Lipinski definition) is 2. The molecule has 120 valence electrons. The molecule has 0 fully saturated rings. The predicted molar refractivity (Wildman–Crippen MR) is 87.7 cm³/mol. The van der Waals surface area contributed by atoms with Crippen LogP contribution in [0.4, 0.5) is 0 Å². The lowest BCUT2D eigenvalue weighted by Crippen LogP contribution is -2.23. The fraction of sp³-hybridized carbons (Fsp3) is 0.889. The maximum absolute atomic E-state index is 9.34. The standard InChI is InChI=1S/C18H36O2/c1-3-5-6-7-8-9-10-11-12-13-14-15-16-17-18(19,20)4-2/h4,19-20H,2-3,5-17H2,1H3. The third-order valence-electron chi connectivity index (χ3n) is 3.98. The Kier molecular flexibility index (Phi) is 13.4. The van der Waals surface area contributed by atoms with Crippen molar-refractivity contribution < 1.29 is 10.2 Å². The van der Waals surface area contributed by atoms with Gasteiger partial charge in [-0.1, -0.05) is 90.6 Å². The van der Waals surface area contributed by atoms with Crippen LogP contribution in [-0.4, -0.2) is 16.0 Å². The summed E-state index contributed by atoms with van der Waals surface area (Å²) in [5.41, 5.74) is 0. The topological polar surface area (TPSA) is 40.5 Å². The van der Waals surface area contributed by atoms with Crippen LogP contribution >= 0.6 is 0 Å². The van der Waals surface area contributed by atoms with Gasteiger partial charge in [-0.15, -0.1) is 0 Å². The lowest BCUT2D eigenvalue weighted by molar-refractivity contribution is -0.123. The van der Waals surface area contributed by atoms with Gasteiger partial charge in [0.25, 0.3) is 0 Å². The van der Waals surface area contributed by atoms with Gasteiger partial charge in [0, 0.05) is 6.42 Å². The minimum absolute atomic E-state index is 0.411. The molecule has 2 nitrogen and oxygen atoms in total. The summed E-state index contributed by atoms with van der Waals surface area (Å²) in [5, 5.41) is 18.7. The molecular formula is C18H36O2. The Morgan fingerprint density at radius 1 is 0.700 bits per heavy atom. The normalized spacial score (nSPS) is 11.8. The van der Waals surface area contributed by atoms with Crippen LogP contribution in [0, 0.1) is 0 Å². The molecule has 0 aliphatic heterocycles. The molecule has 20 heavy (non-hydrogen) atoms. The monoisotopic (exact) mass is 284 g/mol. The summed E-state index contributed by atoms with van der Waals surface area (Å²) >= 11 is 0. The van der Waals surface area contributed by atoms with E-state index < -0.39 is 5.79 Å². The van der Waals surface area contributed by atoms with Crippen LogP contribution in [0.5, 0.6) is 0 Å². The van der Waals surface area contributed by atoms with Gasteiger partial charge in [0.2, 0.25) is 0 Å². The van der Waals surface area contributed by atoms with Crippen molar-refractivity contribution in [1.29, 1.82) is 0 Å².